The molecule has 1 atom stereocenters. The molecule has 7 nitrogen and oxygen atoms in total. The molecule has 162 valence electrons. The molecule has 2 heterocycles. The first-order valence-electron chi connectivity index (χ1n) is 10.8. The number of carbonyl (C=O) groups excluding carboxylic acids is 1. The third-order valence-corrected chi connectivity index (χ3v) is 5.75. The lowest BCUT2D eigenvalue weighted by atomic mass is 10.1. The molecule has 0 bridgehead atoms. The monoisotopic (exact) mass is 419 g/mol. The predicted molar refractivity (Wildman–Crippen MR) is 119 cm³/mol. The lowest BCUT2D eigenvalue weighted by molar-refractivity contribution is -0.122. The summed E-state index contributed by atoms with van der Waals surface area (Å²) in [4.78, 5) is 16.8. The molecule has 1 aliphatic heterocycles. The number of nitrogens with zero attached hydrogens (tertiary/aromatic N) is 4. The number of nitrogens with one attached hydrogen (secondary N) is 1. The van der Waals surface area contributed by atoms with Crippen LogP contribution in [0, 0.1) is 6.92 Å². The van der Waals surface area contributed by atoms with E-state index < -0.39 is 0 Å². The van der Waals surface area contributed by atoms with E-state index in [1.165, 1.54) is 5.56 Å². The Hall–Kier alpha value is -3.03. The van der Waals surface area contributed by atoms with Gasteiger partial charge < -0.3 is 9.73 Å². The number of hydrogen-bond acceptors (Lipinski definition) is 6. The smallest absolute Gasteiger partial charge is 0.247 e. The maximum atomic E-state index is 12.3. The molecule has 0 radical (unpaired) electrons. The van der Waals surface area contributed by atoms with Crippen LogP contribution in [0.4, 0.5) is 0 Å². The molecule has 31 heavy (non-hydrogen) atoms. The van der Waals surface area contributed by atoms with Gasteiger partial charge in [0.2, 0.25) is 17.7 Å². The molecule has 7 heteroatoms. The lowest BCUT2D eigenvalue weighted by Crippen LogP contribution is -2.49. The first-order valence-corrected chi connectivity index (χ1v) is 10.8. The summed E-state index contributed by atoms with van der Waals surface area (Å²) in [6.45, 7) is 8.52. The Morgan fingerprint density at radius 2 is 1.74 bits per heavy atom. The van der Waals surface area contributed by atoms with Gasteiger partial charge in [-0.3, -0.25) is 14.6 Å². The second-order valence-electron chi connectivity index (χ2n) is 8.06. The molecule has 1 amide bonds. The second-order valence-corrected chi connectivity index (χ2v) is 8.06. The van der Waals surface area contributed by atoms with Gasteiger partial charge in [-0.05, 0) is 31.5 Å². The van der Waals surface area contributed by atoms with E-state index in [-0.39, 0.29) is 11.9 Å². The van der Waals surface area contributed by atoms with E-state index in [4.69, 9.17) is 4.42 Å². The number of rotatable bonds is 7. The number of aromatic nitrogens is 2. The summed E-state index contributed by atoms with van der Waals surface area (Å²) in [7, 11) is 0. The predicted octanol–water partition coefficient (Wildman–Crippen LogP) is 3.04. The van der Waals surface area contributed by atoms with Gasteiger partial charge in [0.1, 0.15) is 0 Å². The van der Waals surface area contributed by atoms with Crippen LogP contribution < -0.4 is 5.32 Å². The van der Waals surface area contributed by atoms with Crippen molar-refractivity contribution >= 4 is 5.91 Å². The average molecular weight is 420 g/mol. The van der Waals surface area contributed by atoms with Crippen molar-refractivity contribution < 1.29 is 9.21 Å². The van der Waals surface area contributed by atoms with Crippen molar-refractivity contribution in [3.63, 3.8) is 0 Å². The molecule has 1 unspecified atom stereocenters. The van der Waals surface area contributed by atoms with Crippen LogP contribution in [0.25, 0.3) is 11.5 Å². The zero-order valence-corrected chi connectivity index (χ0v) is 18.1. The molecular formula is C24H29N5O2. The normalized spacial score (nSPS) is 16.2. The van der Waals surface area contributed by atoms with Crippen molar-refractivity contribution in [2.75, 3.05) is 32.7 Å². The highest BCUT2D eigenvalue weighted by atomic mass is 16.4. The molecule has 3 aromatic rings. The molecule has 0 spiro atoms. The summed E-state index contributed by atoms with van der Waals surface area (Å²) in [6.07, 6.45) is 0. The van der Waals surface area contributed by atoms with Crippen molar-refractivity contribution in [3.8, 4) is 11.5 Å². The third kappa shape index (κ3) is 5.57. The summed E-state index contributed by atoms with van der Waals surface area (Å²) in [5.74, 6) is 1.24. The highest BCUT2D eigenvalue weighted by Crippen LogP contribution is 2.25. The maximum Gasteiger partial charge on any atom is 0.247 e. The first kappa shape index (κ1) is 21.2. The fraction of sp³-hybridized carbons (Fsp3) is 0.375. The van der Waals surface area contributed by atoms with E-state index in [0.717, 1.165) is 37.3 Å². The van der Waals surface area contributed by atoms with Gasteiger partial charge in [0.15, 0.2) is 0 Å². The molecule has 1 N–H and O–H groups in total. The Morgan fingerprint density at radius 3 is 2.45 bits per heavy atom. The molecular weight excluding hydrogens is 390 g/mol. The van der Waals surface area contributed by atoms with Crippen LogP contribution in [-0.2, 0) is 11.3 Å². The third-order valence-electron chi connectivity index (χ3n) is 5.75. The zero-order chi connectivity index (χ0) is 21.6. The van der Waals surface area contributed by atoms with Crippen molar-refractivity contribution in [3.05, 3.63) is 71.6 Å². The van der Waals surface area contributed by atoms with Crippen LogP contribution in [0.15, 0.2) is 59.0 Å². The molecule has 0 aliphatic carbocycles. The highest BCUT2D eigenvalue weighted by Gasteiger charge is 2.26. The molecule has 0 saturated carbocycles. The molecule has 1 aliphatic rings. The van der Waals surface area contributed by atoms with Crippen molar-refractivity contribution in [2.45, 2.75) is 26.4 Å². The van der Waals surface area contributed by atoms with E-state index in [2.05, 4.69) is 39.2 Å². The van der Waals surface area contributed by atoms with Gasteiger partial charge in [0.25, 0.3) is 0 Å². The second kappa shape index (κ2) is 9.85. The van der Waals surface area contributed by atoms with E-state index >= 15 is 0 Å². The first-order chi connectivity index (χ1) is 15.1. The molecule has 2 aromatic carbocycles. The lowest BCUT2D eigenvalue weighted by Gasteiger charge is -2.36. The number of aryl methyl sites for hydroxylation is 1. The van der Waals surface area contributed by atoms with Gasteiger partial charge in [-0.2, -0.15) is 0 Å². The fourth-order valence-electron chi connectivity index (χ4n) is 3.74. The highest BCUT2D eigenvalue weighted by molar-refractivity contribution is 5.78. The number of amides is 1. The van der Waals surface area contributed by atoms with E-state index in [0.29, 0.717) is 24.9 Å². The fourth-order valence-corrected chi connectivity index (χ4v) is 3.74. The van der Waals surface area contributed by atoms with Crippen LogP contribution >= 0.6 is 0 Å². The minimum atomic E-state index is 0.0424. The van der Waals surface area contributed by atoms with Crippen LogP contribution in [0.5, 0.6) is 0 Å². The van der Waals surface area contributed by atoms with Gasteiger partial charge in [-0.1, -0.05) is 48.0 Å². The Labute approximate surface area is 183 Å². The van der Waals surface area contributed by atoms with Gasteiger partial charge in [0, 0.05) is 38.3 Å². The standard InChI is InChI=1S/C24H29N5O2/c1-18-8-10-21(11-9-18)24-27-26-23(31-24)19(2)29-14-12-28(13-15-29)17-22(30)25-16-20-6-4-3-5-7-20/h3-11,19H,12-17H2,1-2H3,(H,25,30). The summed E-state index contributed by atoms with van der Waals surface area (Å²) >= 11 is 0. The van der Waals surface area contributed by atoms with Crippen molar-refractivity contribution in [2.24, 2.45) is 0 Å². The number of benzene rings is 2. The number of piperazine rings is 1. The summed E-state index contributed by atoms with van der Waals surface area (Å²) in [6, 6.07) is 18.1. The van der Waals surface area contributed by atoms with Crippen LogP contribution in [0.1, 0.15) is 30.0 Å². The molecule has 4 rings (SSSR count). The molecule has 1 saturated heterocycles. The Morgan fingerprint density at radius 1 is 1.03 bits per heavy atom. The summed E-state index contributed by atoms with van der Waals surface area (Å²) in [5.41, 5.74) is 3.24. The van der Waals surface area contributed by atoms with Crippen molar-refractivity contribution in [1.29, 1.82) is 0 Å². The quantitative estimate of drug-likeness (QED) is 0.635. The van der Waals surface area contributed by atoms with E-state index in [1.54, 1.807) is 0 Å². The minimum absolute atomic E-state index is 0.0424. The Bertz CT molecular complexity index is 979. The largest absolute Gasteiger partial charge is 0.419 e. The van der Waals surface area contributed by atoms with Crippen LogP contribution in [0.3, 0.4) is 0 Å². The topological polar surface area (TPSA) is 74.5 Å². The van der Waals surface area contributed by atoms with Gasteiger partial charge in [-0.25, -0.2) is 0 Å². The number of hydrogen-bond donors (Lipinski definition) is 1. The maximum absolute atomic E-state index is 12.3. The van der Waals surface area contributed by atoms with E-state index in [9.17, 15) is 4.79 Å². The SMILES string of the molecule is Cc1ccc(-c2nnc(C(C)N3CCN(CC(=O)NCc4ccccc4)CC3)o2)cc1. The Kier molecular flexibility index (Phi) is 6.74. The van der Waals surface area contributed by atoms with Crippen LogP contribution in [0.2, 0.25) is 0 Å². The summed E-state index contributed by atoms with van der Waals surface area (Å²) < 4.78 is 5.95. The molecule has 1 aromatic heterocycles. The van der Waals surface area contributed by atoms with Crippen molar-refractivity contribution in [1.82, 2.24) is 25.3 Å². The molecule has 1 fully saturated rings. The van der Waals surface area contributed by atoms with Gasteiger partial charge in [0.05, 0.1) is 12.6 Å². The average Bonchev–Trinajstić information content (AvgIpc) is 3.29. The number of carbonyl (C=O) groups is 1. The van der Waals surface area contributed by atoms with E-state index in [1.807, 2.05) is 54.6 Å². The van der Waals surface area contributed by atoms with Gasteiger partial charge >= 0.3 is 0 Å². The zero-order valence-electron chi connectivity index (χ0n) is 18.1. The Balaban J connectivity index is 1.25. The van der Waals surface area contributed by atoms with Gasteiger partial charge in [-0.15, -0.1) is 10.2 Å². The summed E-state index contributed by atoms with van der Waals surface area (Å²) in [5, 5.41) is 11.5. The minimum Gasteiger partial charge on any atom is -0.419 e. The van der Waals surface area contributed by atoms with Crippen LogP contribution in [-0.4, -0.2) is 58.6 Å².